The summed E-state index contributed by atoms with van der Waals surface area (Å²) < 4.78 is 43.1. The molecule has 3 saturated heterocycles. The Balaban J connectivity index is 1.55. The Morgan fingerprint density at radius 2 is 2.17 bits per heavy atom. The summed E-state index contributed by atoms with van der Waals surface area (Å²) in [5, 5.41) is 3.41. The number of nitrogens with zero attached hydrogens (tertiary/aromatic N) is 3. The zero-order valence-electron chi connectivity index (χ0n) is 14.2. The lowest BCUT2D eigenvalue weighted by Gasteiger charge is -2.27. The molecule has 0 bridgehead atoms. The van der Waals surface area contributed by atoms with Gasteiger partial charge < -0.3 is 15.0 Å². The molecule has 1 spiro atoms. The Labute approximate surface area is 141 Å². The summed E-state index contributed by atoms with van der Waals surface area (Å²) in [6.45, 7) is 6.24. The molecular weight excluding hydrogens is 321 g/mol. The van der Waals surface area contributed by atoms with Gasteiger partial charge >= 0.3 is 6.18 Å². The van der Waals surface area contributed by atoms with Gasteiger partial charge in [0.2, 0.25) is 0 Å². The van der Waals surface area contributed by atoms with E-state index < -0.39 is 12.7 Å². The molecule has 5 nitrogen and oxygen atoms in total. The summed E-state index contributed by atoms with van der Waals surface area (Å²) >= 11 is 0. The number of ether oxygens (including phenoxy) is 1. The van der Waals surface area contributed by atoms with Crippen molar-refractivity contribution in [1.82, 2.24) is 15.1 Å². The predicted octanol–water partition coefficient (Wildman–Crippen LogP) is 1.70. The van der Waals surface area contributed by atoms with Crippen molar-refractivity contribution in [3.05, 3.63) is 0 Å². The molecule has 0 saturated carbocycles. The maximum Gasteiger partial charge on any atom is 0.401 e. The quantitative estimate of drug-likeness (QED) is 0.623. The number of rotatable bonds is 3. The predicted molar refractivity (Wildman–Crippen MR) is 86.1 cm³/mol. The maximum absolute atomic E-state index is 12.5. The van der Waals surface area contributed by atoms with Gasteiger partial charge in [-0.15, -0.1) is 0 Å². The van der Waals surface area contributed by atoms with Crippen LogP contribution in [0.25, 0.3) is 0 Å². The van der Waals surface area contributed by atoms with Crippen LogP contribution in [0.4, 0.5) is 13.2 Å². The van der Waals surface area contributed by atoms with E-state index in [1.165, 1.54) is 4.90 Å². The Hall–Kier alpha value is -1.02. The van der Waals surface area contributed by atoms with Gasteiger partial charge in [0.15, 0.2) is 5.96 Å². The molecule has 1 N–H and O–H groups in total. The summed E-state index contributed by atoms with van der Waals surface area (Å²) in [6, 6.07) is 0.0361. The molecule has 3 heterocycles. The van der Waals surface area contributed by atoms with E-state index in [1.54, 1.807) is 0 Å². The molecule has 24 heavy (non-hydrogen) atoms. The number of hydrogen-bond donors (Lipinski definition) is 1. The van der Waals surface area contributed by atoms with Gasteiger partial charge in [0.1, 0.15) is 0 Å². The van der Waals surface area contributed by atoms with Gasteiger partial charge in [0, 0.05) is 50.8 Å². The molecule has 8 heteroatoms. The van der Waals surface area contributed by atoms with Crippen molar-refractivity contribution in [2.24, 2.45) is 10.4 Å². The maximum atomic E-state index is 12.5. The minimum Gasteiger partial charge on any atom is -0.381 e. The van der Waals surface area contributed by atoms with Gasteiger partial charge in [-0.1, -0.05) is 0 Å². The van der Waals surface area contributed by atoms with Gasteiger partial charge in [-0.2, -0.15) is 13.2 Å². The fourth-order valence-electron chi connectivity index (χ4n) is 4.00. The third-order valence-corrected chi connectivity index (χ3v) is 5.24. The van der Waals surface area contributed by atoms with Crippen molar-refractivity contribution in [2.75, 3.05) is 52.5 Å². The molecule has 2 atom stereocenters. The molecule has 0 amide bonds. The van der Waals surface area contributed by atoms with E-state index in [0.29, 0.717) is 19.6 Å². The Bertz CT molecular complexity index is 463. The van der Waals surface area contributed by atoms with Gasteiger partial charge in [-0.25, -0.2) is 0 Å². The second-order valence-electron chi connectivity index (χ2n) is 7.25. The number of halogens is 3. The first-order valence-electron chi connectivity index (χ1n) is 8.82. The lowest BCUT2D eigenvalue weighted by Crippen LogP contribution is -2.47. The normalized spacial score (nSPS) is 32.2. The third kappa shape index (κ3) is 4.33. The van der Waals surface area contributed by atoms with Crippen LogP contribution in [0.15, 0.2) is 4.99 Å². The average molecular weight is 348 g/mol. The Morgan fingerprint density at radius 3 is 2.83 bits per heavy atom. The van der Waals surface area contributed by atoms with Crippen LogP contribution in [0, 0.1) is 5.41 Å². The van der Waals surface area contributed by atoms with Crippen molar-refractivity contribution in [3.8, 4) is 0 Å². The number of nitrogens with one attached hydrogen (secondary N) is 1. The minimum absolute atomic E-state index is 0.0361. The van der Waals surface area contributed by atoms with Crippen LogP contribution in [-0.4, -0.2) is 80.5 Å². The highest BCUT2D eigenvalue weighted by molar-refractivity contribution is 5.80. The van der Waals surface area contributed by atoms with E-state index in [1.807, 2.05) is 6.92 Å². The van der Waals surface area contributed by atoms with Crippen molar-refractivity contribution < 1.29 is 17.9 Å². The molecule has 3 rings (SSSR count). The van der Waals surface area contributed by atoms with Crippen LogP contribution in [0.2, 0.25) is 0 Å². The first-order valence-corrected chi connectivity index (χ1v) is 8.82. The average Bonchev–Trinajstić information content (AvgIpc) is 3.21. The van der Waals surface area contributed by atoms with Gasteiger partial charge in [0.05, 0.1) is 13.2 Å². The molecule has 0 aromatic carbocycles. The lowest BCUT2D eigenvalue weighted by atomic mass is 9.87. The van der Waals surface area contributed by atoms with E-state index >= 15 is 0 Å². The minimum atomic E-state index is -4.13. The molecule has 2 unspecified atom stereocenters. The summed E-state index contributed by atoms with van der Waals surface area (Å²) in [5.74, 6) is 0.847. The lowest BCUT2D eigenvalue weighted by molar-refractivity contribution is -0.143. The largest absolute Gasteiger partial charge is 0.401 e. The third-order valence-electron chi connectivity index (χ3n) is 5.24. The number of likely N-dealkylation sites (tertiary alicyclic amines) is 2. The van der Waals surface area contributed by atoms with Gasteiger partial charge in [0.25, 0.3) is 0 Å². The zero-order chi connectivity index (χ0) is 17.2. The van der Waals surface area contributed by atoms with Crippen LogP contribution in [0.5, 0.6) is 0 Å². The van der Waals surface area contributed by atoms with Crippen LogP contribution < -0.4 is 5.32 Å². The highest BCUT2D eigenvalue weighted by Gasteiger charge is 2.42. The summed E-state index contributed by atoms with van der Waals surface area (Å²) in [7, 11) is 0. The highest BCUT2D eigenvalue weighted by atomic mass is 19.4. The molecular formula is C16H27F3N4O. The van der Waals surface area contributed by atoms with E-state index in [4.69, 9.17) is 4.74 Å². The SMILES string of the molecule is CCN=C(NC1CCN(CC(F)(F)F)C1)N1CCC2(CCOC2)C1. The summed E-state index contributed by atoms with van der Waals surface area (Å²) in [4.78, 5) is 8.30. The van der Waals surface area contributed by atoms with E-state index in [0.717, 1.165) is 51.5 Å². The fraction of sp³-hybridized carbons (Fsp3) is 0.938. The number of aliphatic imine (C=N–C) groups is 1. The molecule has 0 aliphatic carbocycles. The van der Waals surface area contributed by atoms with E-state index in [-0.39, 0.29) is 11.5 Å². The second kappa shape index (κ2) is 7.07. The summed E-state index contributed by atoms with van der Waals surface area (Å²) in [6.07, 6.45) is -1.21. The zero-order valence-corrected chi connectivity index (χ0v) is 14.2. The molecule has 0 aromatic heterocycles. The molecule has 138 valence electrons. The molecule has 3 fully saturated rings. The van der Waals surface area contributed by atoms with Crippen LogP contribution >= 0.6 is 0 Å². The Morgan fingerprint density at radius 1 is 1.33 bits per heavy atom. The second-order valence-corrected chi connectivity index (χ2v) is 7.25. The fourth-order valence-corrected chi connectivity index (χ4v) is 4.00. The van der Waals surface area contributed by atoms with Crippen molar-refractivity contribution in [1.29, 1.82) is 0 Å². The highest BCUT2D eigenvalue weighted by Crippen LogP contribution is 2.38. The number of hydrogen-bond acceptors (Lipinski definition) is 3. The van der Waals surface area contributed by atoms with Crippen LogP contribution in [-0.2, 0) is 4.74 Å². The topological polar surface area (TPSA) is 40.1 Å². The monoisotopic (exact) mass is 348 g/mol. The molecule has 0 radical (unpaired) electrons. The summed E-state index contributed by atoms with van der Waals surface area (Å²) in [5.41, 5.74) is 0.244. The standard InChI is InChI=1S/C16H27F3N4O/c1-2-20-14(23-7-4-15(10-23)5-8-24-12-15)21-13-3-6-22(9-13)11-16(17,18)19/h13H,2-12H2,1H3,(H,20,21). The molecule has 3 aliphatic rings. The van der Waals surface area contributed by atoms with E-state index in [9.17, 15) is 13.2 Å². The number of alkyl halides is 3. The number of guanidine groups is 1. The first-order chi connectivity index (χ1) is 11.4. The van der Waals surface area contributed by atoms with E-state index in [2.05, 4.69) is 15.2 Å². The van der Waals surface area contributed by atoms with Crippen LogP contribution in [0.1, 0.15) is 26.2 Å². The van der Waals surface area contributed by atoms with Gasteiger partial charge in [-0.3, -0.25) is 9.89 Å². The first kappa shape index (κ1) is 17.8. The van der Waals surface area contributed by atoms with Crippen molar-refractivity contribution >= 4 is 5.96 Å². The van der Waals surface area contributed by atoms with Crippen molar-refractivity contribution in [2.45, 2.75) is 38.4 Å². The smallest absolute Gasteiger partial charge is 0.381 e. The van der Waals surface area contributed by atoms with Crippen molar-refractivity contribution in [3.63, 3.8) is 0 Å². The van der Waals surface area contributed by atoms with Gasteiger partial charge in [-0.05, 0) is 26.2 Å². The molecule has 3 aliphatic heterocycles. The molecule has 0 aromatic rings. The van der Waals surface area contributed by atoms with Crippen LogP contribution in [0.3, 0.4) is 0 Å². The Kier molecular flexibility index (Phi) is 5.24.